The van der Waals surface area contributed by atoms with Gasteiger partial charge in [0.2, 0.25) is 10.0 Å². The van der Waals surface area contributed by atoms with E-state index in [1.165, 1.54) is 29.2 Å². The first-order valence-corrected chi connectivity index (χ1v) is 10.6. The quantitative estimate of drug-likeness (QED) is 0.719. The van der Waals surface area contributed by atoms with Crippen molar-refractivity contribution in [2.75, 3.05) is 11.5 Å². The highest BCUT2D eigenvalue weighted by atomic mass is 32.2. The zero-order valence-corrected chi connectivity index (χ0v) is 16.6. The van der Waals surface area contributed by atoms with Crippen LogP contribution in [0.15, 0.2) is 47.4 Å². The molecule has 2 aromatic carbocycles. The Labute approximate surface area is 168 Å². The van der Waals surface area contributed by atoms with Gasteiger partial charge in [0.15, 0.2) is 6.61 Å². The number of hydrogen-bond donors (Lipinski definition) is 1. The highest BCUT2D eigenvalue weighted by Gasteiger charge is 2.32. The van der Waals surface area contributed by atoms with E-state index < -0.39 is 34.3 Å². The molecule has 3 rings (SSSR count). The number of sulfonamides is 1. The second-order valence-corrected chi connectivity index (χ2v) is 8.47. The molecule has 9 heteroatoms. The van der Waals surface area contributed by atoms with Gasteiger partial charge in [0, 0.05) is 18.2 Å². The Bertz CT molecular complexity index is 1050. The number of carbonyl (C=O) groups excluding carboxylic acids is 2. The van der Waals surface area contributed by atoms with Crippen molar-refractivity contribution in [2.45, 2.75) is 37.1 Å². The minimum Gasteiger partial charge on any atom is -0.456 e. The van der Waals surface area contributed by atoms with E-state index in [9.17, 15) is 22.4 Å². The summed E-state index contributed by atoms with van der Waals surface area (Å²) in [4.78, 5) is 26.0. The molecule has 0 saturated heterocycles. The third kappa shape index (κ3) is 4.80. The topological polar surface area (TPSA) is 107 Å². The molecule has 1 unspecified atom stereocenters. The van der Waals surface area contributed by atoms with Crippen molar-refractivity contribution in [2.24, 2.45) is 5.14 Å². The van der Waals surface area contributed by atoms with Crippen LogP contribution < -0.4 is 10.0 Å². The lowest BCUT2D eigenvalue weighted by Crippen LogP contribution is -2.38. The summed E-state index contributed by atoms with van der Waals surface area (Å²) in [6.45, 7) is 1.37. The van der Waals surface area contributed by atoms with Gasteiger partial charge in [0.25, 0.3) is 5.91 Å². The summed E-state index contributed by atoms with van der Waals surface area (Å²) < 4.78 is 41.7. The zero-order valence-electron chi connectivity index (χ0n) is 15.8. The van der Waals surface area contributed by atoms with Crippen LogP contribution in [0.5, 0.6) is 0 Å². The van der Waals surface area contributed by atoms with Crippen molar-refractivity contribution >= 4 is 27.6 Å². The van der Waals surface area contributed by atoms with Gasteiger partial charge in [-0.15, -0.1) is 0 Å². The third-order valence-electron chi connectivity index (χ3n) is 4.78. The van der Waals surface area contributed by atoms with Crippen LogP contribution >= 0.6 is 0 Å². The Morgan fingerprint density at radius 3 is 2.66 bits per heavy atom. The second kappa shape index (κ2) is 8.30. The molecule has 29 heavy (non-hydrogen) atoms. The number of nitrogens with two attached hydrogens (primary N) is 1. The average molecular weight is 420 g/mol. The van der Waals surface area contributed by atoms with E-state index in [-0.39, 0.29) is 23.8 Å². The maximum Gasteiger partial charge on any atom is 0.306 e. The third-order valence-corrected chi connectivity index (χ3v) is 5.69. The van der Waals surface area contributed by atoms with E-state index in [2.05, 4.69) is 0 Å². The molecule has 0 aromatic heterocycles. The lowest BCUT2D eigenvalue weighted by atomic mass is 10.1. The van der Waals surface area contributed by atoms with E-state index in [1.54, 1.807) is 18.2 Å². The minimum atomic E-state index is -3.83. The average Bonchev–Trinajstić information content (AvgIpc) is 2.99. The molecule has 1 aliphatic rings. The first-order valence-electron chi connectivity index (χ1n) is 9.03. The summed E-state index contributed by atoms with van der Waals surface area (Å²) in [5, 5.41) is 5.15. The molecule has 1 heterocycles. The molecule has 0 bridgehead atoms. The van der Waals surface area contributed by atoms with Gasteiger partial charge in [0.05, 0.1) is 4.90 Å². The number of fused-ring (bicyclic) bond motifs is 1. The maximum atomic E-state index is 13.6. The van der Waals surface area contributed by atoms with Gasteiger partial charge in [-0.25, -0.2) is 17.9 Å². The minimum absolute atomic E-state index is 0.0164. The number of anilines is 1. The molecule has 154 valence electrons. The standard InChI is InChI=1S/C20H21FN2O5S/c1-13-10-15-11-16(29(22,26)27)7-8-18(15)23(13)19(24)12-28-20(25)9-6-14-4-2-3-5-17(14)21/h2-5,7-8,11,13H,6,9-10,12H2,1H3,(H2,22,26,27). The molecule has 7 nitrogen and oxygen atoms in total. The molecule has 0 fully saturated rings. The van der Waals surface area contributed by atoms with Crippen LogP contribution in [0.3, 0.4) is 0 Å². The molecule has 1 amide bonds. The molecule has 0 radical (unpaired) electrons. The van der Waals surface area contributed by atoms with E-state index in [0.29, 0.717) is 23.2 Å². The summed E-state index contributed by atoms with van der Waals surface area (Å²) in [5.41, 5.74) is 1.66. The Morgan fingerprint density at radius 1 is 1.24 bits per heavy atom. The monoisotopic (exact) mass is 420 g/mol. The number of hydrogen-bond acceptors (Lipinski definition) is 5. The van der Waals surface area contributed by atoms with Crippen LogP contribution in [0.2, 0.25) is 0 Å². The van der Waals surface area contributed by atoms with E-state index in [1.807, 2.05) is 6.92 Å². The molecular formula is C20H21FN2O5S. The smallest absolute Gasteiger partial charge is 0.306 e. The van der Waals surface area contributed by atoms with Crippen LogP contribution in [-0.2, 0) is 37.2 Å². The number of halogens is 1. The summed E-state index contributed by atoms with van der Waals surface area (Å²) in [6, 6.07) is 10.3. The van der Waals surface area contributed by atoms with E-state index in [4.69, 9.17) is 9.88 Å². The normalized spacial score (nSPS) is 15.8. The molecule has 1 aliphatic heterocycles. The van der Waals surface area contributed by atoms with Gasteiger partial charge in [-0.3, -0.25) is 9.59 Å². The van der Waals surface area contributed by atoms with Gasteiger partial charge in [-0.2, -0.15) is 0 Å². The lowest BCUT2D eigenvalue weighted by molar-refractivity contribution is -0.147. The van der Waals surface area contributed by atoms with E-state index >= 15 is 0 Å². The molecule has 0 aliphatic carbocycles. The summed E-state index contributed by atoms with van der Waals surface area (Å²) >= 11 is 0. The lowest BCUT2D eigenvalue weighted by Gasteiger charge is -2.22. The van der Waals surface area contributed by atoms with Gasteiger partial charge in [-0.1, -0.05) is 18.2 Å². The Kier molecular flexibility index (Phi) is 5.99. The predicted molar refractivity (Wildman–Crippen MR) is 104 cm³/mol. The van der Waals surface area contributed by atoms with Gasteiger partial charge < -0.3 is 9.64 Å². The number of ether oxygens (including phenoxy) is 1. The maximum absolute atomic E-state index is 13.6. The second-order valence-electron chi connectivity index (χ2n) is 6.90. The first-order chi connectivity index (χ1) is 13.7. The number of benzene rings is 2. The van der Waals surface area contributed by atoms with Crippen molar-refractivity contribution < 1.29 is 27.1 Å². The van der Waals surface area contributed by atoms with Crippen LogP contribution in [0, 0.1) is 5.82 Å². The fourth-order valence-electron chi connectivity index (χ4n) is 3.39. The molecule has 2 aromatic rings. The predicted octanol–water partition coefficient (Wildman–Crippen LogP) is 1.93. The fraction of sp³-hybridized carbons (Fsp3) is 0.300. The number of rotatable bonds is 6. The summed E-state index contributed by atoms with van der Waals surface area (Å²) in [7, 11) is -3.83. The van der Waals surface area contributed by atoms with Gasteiger partial charge in [0.1, 0.15) is 5.82 Å². The fourth-order valence-corrected chi connectivity index (χ4v) is 3.95. The highest BCUT2D eigenvalue weighted by Crippen LogP contribution is 2.33. The number of aryl methyl sites for hydroxylation is 1. The largest absolute Gasteiger partial charge is 0.456 e. The van der Waals surface area contributed by atoms with Crippen molar-refractivity contribution in [3.8, 4) is 0 Å². The van der Waals surface area contributed by atoms with Crippen molar-refractivity contribution in [3.05, 3.63) is 59.4 Å². The number of amides is 1. The van der Waals surface area contributed by atoms with Crippen LogP contribution in [0.1, 0.15) is 24.5 Å². The summed E-state index contributed by atoms with van der Waals surface area (Å²) in [5.74, 6) is -1.41. The first kappa shape index (κ1) is 20.9. The van der Waals surface area contributed by atoms with E-state index in [0.717, 1.165) is 0 Å². The number of carbonyl (C=O) groups is 2. The molecule has 0 saturated carbocycles. The Balaban J connectivity index is 1.60. The number of primary sulfonamides is 1. The molecule has 2 N–H and O–H groups in total. The molecular weight excluding hydrogens is 399 g/mol. The van der Waals surface area contributed by atoms with Crippen LogP contribution in [0.25, 0.3) is 0 Å². The zero-order chi connectivity index (χ0) is 21.2. The highest BCUT2D eigenvalue weighted by molar-refractivity contribution is 7.89. The number of nitrogens with zero attached hydrogens (tertiary/aromatic N) is 1. The van der Waals surface area contributed by atoms with Crippen molar-refractivity contribution in [1.82, 2.24) is 0 Å². The van der Waals surface area contributed by atoms with Crippen LogP contribution in [-0.4, -0.2) is 32.9 Å². The number of esters is 1. The SMILES string of the molecule is CC1Cc2cc(S(N)(=O)=O)ccc2N1C(=O)COC(=O)CCc1ccccc1F. The van der Waals surface area contributed by atoms with Gasteiger partial charge >= 0.3 is 5.97 Å². The van der Waals surface area contributed by atoms with Crippen LogP contribution in [0.4, 0.5) is 10.1 Å². The summed E-state index contributed by atoms with van der Waals surface area (Å²) in [6.07, 6.45) is 0.600. The Morgan fingerprint density at radius 2 is 1.97 bits per heavy atom. The van der Waals surface area contributed by atoms with Crippen molar-refractivity contribution in [3.63, 3.8) is 0 Å². The van der Waals surface area contributed by atoms with Crippen molar-refractivity contribution in [1.29, 1.82) is 0 Å². The molecule has 0 spiro atoms. The van der Waals surface area contributed by atoms with Gasteiger partial charge in [-0.05, 0) is 55.2 Å². The molecule has 1 atom stereocenters. The Hall–Kier alpha value is -2.78.